The van der Waals surface area contributed by atoms with E-state index in [0.717, 1.165) is 26.2 Å². The molecule has 0 aromatic carbocycles. The highest BCUT2D eigenvalue weighted by molar-refractivity contribution is 4.74. The molecule has 0 aliphatic rings. The van der Waals surface area contributed by atoms with Gasteiger partial charge in [0.2, 0.25) is 0 Å². The third-order valence-electron chi connectivity index (χ3n) is 2.05. The molecule has 0 amide bonds. The predicted molar refractivity (Wildman–Crippen MR) is 56.1 cm³/mol. The lowest BCUT2D eigenvalue weighted by atomic mass is 10.2. The Kier molecular flexibility index (Phi) is 5.25. The summed E-state index contributed by atoms with van der Waals surface area (Å²) in [4.78, 5) is 3.98. The first-order valence-corrected chi connectivity index (χ1v) is 4.98. The highest BCUT2D eigenvalue weighted by Gasteiger charge is 1.99. The van der Waals surface area contributed by atoms with Crippen LogP contribution in [-0.2, 0) is 11.3 Å². The average molecular weight is 197 g/mol. The molecule has 4 heteroatoms. The number of imidazole rings is 1. The second-order valence-electron chi connectivity index (χ2n) is 3.57. The van der Waals surface area contributed by atoms with Gasteiger partial charge in [0.25, 0.3) is 0 Å². The number of methoxy groups -OCH3 is 1. The maximum Gasteiger partial charge on any atom is 0.0946 e. The van der Waals surface area contributed by atoms with Crippen LogP contribution in [0.15, 0.2) is 18.7 Å². The van der Waals surface area contributed by atoms with Gasteiger partial charge in [-0.25, -0.2) is 4.98 Å². The van der Waals surface area contributed by atoms with E-state index in [-0.39, 0.29) is 0 Å². The van der Waals surface area contributed by atoms with Crippen LogP contribution < -0.4 is 5.32 Å². The van der Waals surface area contributed by atoms with Gasteiger partial charge in [-0.05, 0) is 12.5 Å². The third kappa shape index (κ3) is 4.39. The first-order valence-electron chi connectivity index (χ1n) is 4.98. The molecule has 14 heavy (non-hydrogen) atoms. The van der Waals surface area contributed by atoms with Gasteiger partial charge in [-0.2, -0.15) is 0 Å². The number of hydrogen-bond donors (Lipinski definition) is 1. The molecule has 0 bridgehead atoms. The molecule has 1 N–H and O–H groups in total. The van der Waals surface area contributed by atoms with Gasteiger partial charge in [0.15, 0.2) is 0 Å². The minimum atomic E-state index is 0.572. The Balaban J connectivity index is 1.99. The van der Waals surface area contributed by atoms with Crippen molar-refractivity contribution in [1.29, 1.82) is 0 Å². The van der Waals surface area contributed by atoms with Gasteiger partial charge in [-0.3, -0.25) is 0 Å². The first-order chi connectivity index (χ1) is 6.83. The van der Waals surface area contributed by atoms with Crippen molar-refractivity contribution in [3.05, 3.63) is 18.7 Å². The summed E-state index contributed by atoms with van der Waals surface area (Å²) in [6, 6.07) is 0. The summed E-state index contributed by atoms with van der Waals surface area (Å²) in [5.74, 6) is 0.572. The summed E-state index contributed by atoms with van der Waals surface area (Å²) < 4.78 is 7.11. The number of nitrogens with one attached hydrogen (secondary N) is 1. The van der Waals surface area contributed by atoms with Crippen molar-refractivity contribution in [3.8, 4) is 0 Å². The number of rotatable bonds is 7. The zero-order chi connectivity index (χ0) is 10.2. The smallest absolute Gasteiger partial charge is 0.0946 e. The largest absolute Gasteiger partial charge is 0.384 e. The van der Waals surface area contributed by atoms with Crippen molar-refractivity contribution in [3.63, 3.8) is 0 Å². The van der Waals surface area contributed by atoms with Gasteiger partial charge in [0.05, 0.1) is 6.33 Å². The summed E-state index contributed by atoms with van der Waals surface area (Å²) in [5.41, 5.74) is 0. The maximum absolute atomic E-state index is 5.05. The zero-order valence-electron chi connectivity index (χ0n) is 8.94. The van der Waals surface area contributed by atoms with E-state index in [4.69, 9.17) is 4.74 Å². The molecule has 4 nitrogen and oxygen atoms in total. The topological polar surface area (TPSA) is 39.1 Å². The normalized spacial score (nSPS) is 13.0. The second kappa shape index (κ2) is 6.56. The van der Waals surface area contributed by atoms with Gasteiger partial charge in [-0.1, -0.05) is 6.92 Å². The van der Waals surface area contributed by atoms with Gasteiger partial charge >= 0.3 is 0 Å². The minimum absolute atomic E-state index is 0.572. The molecule has 1 atom stereocenters. The highest BCUT2D eigenvalue weighted by atomic mass is 16.5. The molecule has 1 aromatic heterocycles. The summed E-state index contributed by atoms with van der Waals surface area (Å²) in [6.07, 6.45) is 5.61. The molecule has 1 unspecified atom stereocenters. The lowest BCUT2D eigenvalue weighted by molar-refractivity contribution is 0.158. The SMILES string of the molecule is COCC(C)CNCCn1ccnc1. The van der Waals surface area contributed by atoms with E-state index in [0.29, 0.717) is 5.92 Å². The van der Waals surface area contributed by atoms with E-state index < -0.39 is 0 Å². The Morgan fingerprint density at radius 2 is 2.43 bits per heavy atom. The van der Waals surface area contributed by atoms with Gasteiger partial charge in [-0.15, -0.1) is 0 Å². The Hall–Kier alpha value is -0.870. The first kappa shape index (κ1) is 11.2. The Morgan fingerprint density at radius 1 is 1.57 bits per heavy atom. The van der Waals surface area contributed by atoms with E-state index in [1.54, 1.807) is 13.3 Å². The van der Waals surface area contributed by atoms with E-state index in [1.807, 2.05) is 12.5 Å². The Bertz CT molecular complexity index is 223. The molecule has 0 aliphatic carbocycles. The fourth-order valence-corrected chi connectivity index (χ4v) is 1.32. The summed E-state index contributed by atoms with van der Waals surface area (Å²) in [6.45, 7) is 5.94. The van der Waals surface area contributed by atoms with Crippen LogP contribution in [0, 0.1) is 5.92 Å². The van der Waals surface area contributed by atoms with Crippen molar-refractivity contribution < 1.29 is 4.74 Å². The molecule has 1 rings (SSSR count). The predicted octanol–water partition coefficient (Wildman–Crippen LogP) is 0.755. The number of ether oxygens (including phenoxy) is 1. The van der Waals surface area contributed by atoms with Crippen molar-refractivity contribution in [2.75, 3.05) is 26.8 Å². The van der Waals surface area contributed by atoms with Crippen molar-refractivity contribution >= 4 is 0 Å². The molecule has 0 saturated carbocycles. The van der Waals surface area contributed by atoms with Crippen LogP contribution in [0.4, 0.5) is 0 Å². The molecule has 0 saturated heterocycles. The van der Waals surface area contributed by atoms with Crippen LogP contribution in [0.2, 0.25) is 0 Å². The minimum Gasteiger partial charge on any atom is -0.384 e. The molecule has 1 heterocycles. The third-order valence-corrected chi connectivity index (χ3v) is 2.05. The Morgan fingerprint density at radius 3 is 3.07 bits per heavy atom. The maximum atomic E-state index is 5.05. The summed E-state index contributed by atoms with van der Waals surface area (Å²) in [5, 5.41) is 3.38. The average Bonchev–Trinajstić information content (AvgIpc) is 2.65. The monoisotopic (exact) mass is 197 g/mol. The van der Waals surface area contributed by atoms with Crippen LogP contribution in [0.25, 0.3) is 0 Å². The fourth-order valence-electron chi connectivity index (χ4n) is 1.32. The van der Waals surface area contributed by atoms with E-state index in [9.17, 15) is 0 Å². The molecule has 0 fully saturated rings. The summed E-state index contributed by atoms with van der Waals surface area (Å²) >= 11 is 0. The molecule has 0 spiro atoms. The highest BCUT2D eigenvalue weighted by Crippen LogP contribution is 1.92. The van der Waals surface area contributed by atoms with Crippen molar-refractivity contribution in [2.24, 2.45) is 5.92 Å². The Labute approximate surface area is 85.3 Å². The van der Waals surface area contributed by atoms with Crippen molar-refractivity contribution in [2.45, 2.75) is 13.5 Å². The van der Waals surface area contributed by atoms with Gasteiger partial charge in [0, 0.05) is 39.2 Å². The second-order valence-corrected chi connectivity index (χ2v) is 3.57. The van der Waals surface area contributed by atoms with Crippen molar-refractivity contribution in [1.82, 2.24) is 14.9 Å². The number of nitrogens with zero attached hydrogens (tertiary/aromatic N) is 2. The standard InChI is InChI=1S/C10H19N3O/c1-10(8-14-2)7-11-3-5-13-6-4-12-9-13/h4,6,9-11H,3,5,7-8H2,1-2H3. The van der Waals surface area contributed by atoms with Crippen LogP contribution in [0.1, 0.15) is 6.92 Å². The van der Waals surface area contributed by atoms with E-state index >= 15 is 0 Å². The zero-order valence-corrected chi connectivity index (χ0v) is 8.94. The quantitative estimate of drug-likeness (QED) is 0.656. The molecular formula is C10H19N3O. The number of hydrogen-bond acceptors (Lipinski definition) is 3. The lowest BCUT2D eigenvalue weighted by Gasteiger charge is -2.11. The van der Waals surface area contributed by atoms with Gasteiger partial charge in [0.1, 0.15) is 0 Å². The van der Waals surface area contributed by atoms with E-state index in [1.165, 1.54) is 0 Å². The molecule has 80 valence electrons. The van der Waals surface area contributed by atoms with Crippen LogP contribution in [0.3, 0.4) is 0 Å². The van der Waals surface area contributed by atoms with Crippen LogP contribution in [0.5, 0.6) is 0 Å². The molecule has 0 radical (unpaired) electrons. The van der Waals surface area contributed by atoms with E-state index in [2.05, 4.69) is 21.8 Å². The molecular weight excluding hydrogens is 178 g/mol. The molecule has 1 aromatic rings. The van der Waals surface area contributed by atoms with Crippen LogP contribution in [-0.4, -0.2) is 36.4 Å². The summed E-state index contributed by atoms with van der Waals surface area (Å²) in [7, 11) is 1.74. The lowest BCUT2D eigenvalue weighted by Crippen LogP contribution is -2.26. The number of aromatic nitrogens is 2. The fraction of sp³-hybridized carbons (Fsp3) is 0.700. The molecule has 0 aliphatic heterocycles. The van der Waals surface area contributed by atoms with Gasteiger partial charge < -0.3 is 14.6 Å². The van der Waals surface area contributed by atoms with Crippen LogP contribution >= 0.6 is 0 Å².